The van der Waals surface area contributed by atoms with Gasteiger partial charge >= 0.3 is 0 Å². The van der Waals surface area contributed by atoms with Crippen molar-refractivity contribution in [1.82, 2.24) is 19.9 Å². The van der Waals surface area contributed by atoms with Gasteiger partial charge < -0.3 is 25.0 Å². The average Bonchev–Trinajstić information content (AvgIpc) is 3.44. The minimum absolute atomic E-state index is 0.104. The van der Waals surface area contributed by atoms with Gasteiger partial charge in [0.25, 0.3) is 5.89 Å². The fraction of sp³-hybridized carbons (Fsp3) is 0.182. The summed E-state index contributed by atoms with van der Waals surface area (Å²) in [5, 5.41) is 11.9. The number of anilines is 2. The normalized spacial score (nSPS) is 10.8. The number of nitrogens with one attached hydrogen (secondary N) is 1. The molecule has 2 heterocycles. The lowest BCUT2D eigenvalue weighted by Gasteiger charge is -2.11. The maximum Gasteiger partial charge on any atom is 0.264 e. The summed E-state index contributed by atoms with van der Waals surface area (Å²) < 4.78 is 17.4. The number of benzene rings is 2. The van der Waals surface area contributed by atoms with E-state index in [0.717, 1.165) is 5.56 Å². The SMILES string of the molecule is COc1ccc(NC(=O)Cn2nc(SC)c(-c3nc(-c4ccccc4)no3)c2N)cc1OC. The number of nitrogens with two attached hydrogens (primary N) is 1. The number of carbonyl (C=O) groups is 1. The van der Waals surface area contributed by atoms with Gasteiger partial charge in [0.2, 0.25) is 11.7 Å². The van der Waals surface area contributed by atoms with Crippen molar-refractivity contribution < 1.29 is 18.8 Å². The molecule has 0 bridgehead atoms. The molecule has 33 heavy (non-hydrogen) atoms. The summed E-state index contributed by atoms with van der Waals surface area (Å²) in [5.41, 5.74) is 8.20. The summed E-state index contributed by atoms with van der Waals surface area (Å²) in [5.74, 6) is 1.69. The van der Waals surface area contributed by atoms with Crippen molar-refractivity contribution in [2.24, 2.45) is 0 Å². The van der Waals surface area contributed by atoms with Crippen LogP contribution in [0.15, 0.2) is 58.1 Å². The van der Waals surface area contributed by atoms with Gasteiger partial charge in [0.05, 0.1) is 14.2 Å². The molecular formula is C22H22N6O4S. The molecule has 11 heteroatoms. The van der Waals surface area contributed by atoms with Crippen molar-refractivity contribution in [3.8, 4) is 34.3 Å². The third kappa shape index (κ3) is 4.62. The number of hydrogen-bond donors (Lipinski definition) is 2. The first kappa shape index (κ1) is 22.2. The quantitative estimate of drug-likeness (QED) is 0.374. The Labute approximate surface area is 194 Å². The molecule has 4 rings (SSSR count). The molecule has 0 aliphatic heterocycles. The van der Waals surface area contributed by atoms with E-state index in [2.05, 4.69) is 20.6 Å². The largest absolute Gasteiger partial charge is 0.493 e. The Morgan fingerprint density at radius 1 is 1.15 bits per heavy atom. The zero-order valence-corrected chi connectivity index (χ0v) is 19.0. The van der Waals surface area contributed by atoms with Gasteiger partial charge in [-0.05, 0) is 18.4 Å². The highest BCUT2D eigenvalue weighted by atomic mass is 32.2. The standard InChI is InChI=1S/C22H22N6O4S/c1-30-15-10-9-14(11-16(15)31-2)24-17(29)12-28-19(23)18(22(26-28)33-3)21-25-20(27-32-21)13-7-5-4-6-8-13/h4-11H,12,23H2,1-3H3,(H,24,29). The van der Waals surface area contributed by atoms with E-state index in [-0.39, 0.29) is 24.2 Å². The number of rotatable bonds is 8. The summed E-state index contributed by atoms with van der Waals surface area (Å²) in [6.07, 6.45) is 1.85. The van der Waals surface area contributed by atoms with Gasteiger partial charge in [-0.3, -0.25) is 4.79 Å². The Bertz CT molecular complexity index is 1270. The molecule has 2 aromatic heterocycles. The highest BCUT2D eigenvalue weighted by Crippen LogP contribution is 2.35. The van der Waals surface area contributed by atoms with Crippen molar-refractivity contribution in [2.45, 2.75) is 11.6 Å². The molecule has 0 saturated heterocycles. The molecule has 1 amide bonds. The Kier molecular flexibility index (Phi) is 6.50. The van der Waals surface area contributed by atoms with Crippen LogP contribution >= 0.6 is 11.8 Å². The first-order valence-electron chi connectivity index (χ1n) is 9.85. The van der Waals surface area contributed by atoms with Crippen LogP contribution < -0.4 is 20.5 Å². The van der Waals surface area contributed by atoms with Crippen molar-refractivity contribution in [3.63, 3.8) is 0 Å². The second-order valence-electron chi connectivity index (χ2n) is 6.83. The summed E-state index contributed by atoms with van der Waals surface area (Å²) in [6, 6.07) is 14.6. The van der Waals surface area contributed by atoms with Crippen LogP contribution in [0.5, 0.6) is 11.5 Å². The number of nitrogens with zero attached hydrogens (tertiary/aromatic N) is 4. The molecule has 10 nitrogen and oxygen atoms in total. The number of carbonyl (C=O) groups excluding carboxylic acids is 1. The molecule has 4 aromatic rings. The van der Waals surface area contributed by atoms with Crippen molar-refractivity contribution in [3.05, 3.63) is 48.5 Å². The first-order valence-corrected chi connectivity index (χ1v) is 11.1. The molecule has 0 unspecified atom stereocenters. The van der Waals surface area contributed by atoms with Gasteiger partial charge in [0, 0.05) is 17.3 Å². The molecule has 0 atom stereocenters. The highest BCUT2D eigenvalue weighted by Gasteiger charge is 2.24. The van der Waals surface area contributed by atoms with Crippen LogP contribution in [-0.4, -0.2) is 46.3 Å². The number of nitrogen functional groups attached to an aromatic ring is 1. The van der Waals surface area contributed by atoms with Crippen LogP contribution in [0.2, 0.25) is 0 Å². The van der Waals surface area contributed by atoms with E-state index >= 15 is 0 Å². The minimum Gasteiger partial charge on any atom is -0.493 e. The van der Waals surface area contributed by atoms with Gasteiger partial charge in [-0.1, -0.05) is 35.5 Å². The summed E-state index contributed by atoms with van der Waals surface area (Å²) in [6.45, 7) is -0.104. The number of methoxy groups -OCH3 is 2. The summed E-state index contributed by atoms with van der Waals surface area (Å²) >= 11 is 1.37. The van der Waals surface area contributed by atoms with E-state index in [0.29, 0.717) is 33.6 Å². The Hall–Kier alpha value is -3.99. The number of ether oxygens (including phenoxy) is 2. The molecular weight excluding hydrogens is 444 g/mol. The van der Waals surface area contributed by atoms with Crippen LogP contribution in [0.1, 0.15) is 0 Å². The molecule has 170 valence electrons. The molecule has 2 aromatic carbocycles. The fourth-order valence-electron chi connectivity index (χ4n) is 3.20. The molecule has 3 N–H and O–H groups in total. The molecule has 0 saturated carbocycles. The highest BCUT2D eigenvalue weighted by molar-refractivity contribution is 7.98. The van der Waals surface area contributed by atoms with E-state index in [4.69, 9.17) is 19.7 Å². The smallest absolute Gasteiger partial charge is 0.264 e. The zero-order valence-electron chi connectivity index (χ0n) is 18.2. The predicted octanol–water partition coefficient (Wildman–Crippen LogP) is 3.56. The number of thioether (sulfide) groups is 1. The van der Waals surface area contributed by atoms with E-state index in [9.17, 15) is 4.79 Å². The number of hydrogen-bond acceptors (Lipinski definition) is 9. The van der Waals surface area contributed by atoms with Gasteiger partial charge in [-0.15, -0.1) is 11.8 Å². The van der Waals surface area contributed by atoms with E-state index in [1.807, 2.05) is 36.6 Å². The second-order valence-corrected chi connectivity index (χ2v) is 7.63. The van der Waals surface area contributed by atoms with Crippen LogP contribution in [0.4, 0.5) is 11.5 Å². The van der Waals surface area contributed by atoms with E-state index in [1.165, 1.54) is 23.6 Å². The van der Waals surface area contributed by atoms with Crippen LogP contribution in [0, 0.1) is 0 Å². The Morgan fingerprint density at radius 3 is 2.61 bits per heavy atom. The summed E-state index contributed by atoms with van der Waals surface area (Å²) in [4.78, 5) is 17.1. The molecule has 0 aliphatic rings. The lowest BCUT2D eigenvalue weighted by atomic mass is 10.2. The van der Waals surface area contributed by atoms with Crippen LogP contribution in [0.3, 0.4) is 0 Å². The maximum absolute atomic E-state index is 12.7. The Morgan fingerprint density at radius 2 is 1.91 bits per heavy atom. The van der Waals surface area contributed by atoms with E-state index in [1.54, 1.807) is 25.3 Å². The monoisotopic (exact) mass is 466 g/mol. The van der Waals surface area contributed by atoms with Crippen molar-refractivity contribution >= 4 is 29.2 Å². The van der Waals surface area contributed by atoms with Crippen LogP contribution in [0.25, 0.3) is 22.8 Å². The van der Waals surface area contributed by atoms with Gasteiger partial charge in [-0.25, -0.2) is 4.68 Å². The van der Waals surface area contributed by atoms with Gasteiger partial charge in [0.15, 0.2) is 11.5 Å². The van der Waals surface area contributed by atoms with Crippen molar-refractivity contribution in [2.75, 3.05) is 31.5 Å². The molecule has 0 aliphatic carbocycles. The maximum atomic E-state index is 12.7. The van der Waals surface area contributed by atoms with Crippen LogP contribution in [-0.2, 0) is 11.3 Å². The summed E-state index contributed by atoms with van der Waals surface area (Å²) in [7, 11) is 3.07. The molecule has 0 radical (unpaired) electrons. The van der Waals surface area contributed by atoms with E-state index < -0.39 is 0 Å². The third-order valence-corrected chi connectivity index (χ3v) is 5.46. The lowest BCUT2D eigenvalue weighted by molar-refractivity contribution is -0.116. The van der Waals surface area contributed by atoms with Gasteiger partial charge in [-0.2, -0.15) is 10.1 Å². The third-order valence-electron chi connectivity index (χ3n) is 4.79. The topological polar surface area (TPSA) is 130 Å². The Balaban J connectivity index is 1.56. The molecule has 0 fully saturated rings. The van der Waals surface area contributed by atoms with Crippen molar-refractivity contribution in [1.29, 1.82) is 0 Å². The van der Waals surface area contributed by atoms with Gasteiger partial charge in [0.1, 0.15) is 23.0 Å². The first-order chi connectivity index (χ1) is 16.0. The lowest BCUT2D eigenvalue weighted by Crippen LogP contribution is -2.20. The number of aromatic nitrogens is 4. The zero-order chi connectivity index (χ0) is 23.4. The minimum atomic E-state index is -0.314. The number of amides is 1. The average molecular weight is 467 g/mol. The second kappa shape index (κ2) is 9.65. The predicted molar refractivity (Wildman–Crippen MR) is 125 cm³/mol. The molecule has 0 spiro atoms. The fourth-order valence-corrected chi connectivity index (χ4v) is 3.77.